The van der Waals surface area contributed by atoms with Crippen LogP contribution in [0.1, 0.15) is 34.1 Å². The number of nitrogens with zero attached hydrogens (tertiary/aromatic N) is 2. The molecule has 1 N–H and O–H groups in total. The lowest BCUT2D eigenvalue weighted by Crippen LogP contribution is -2.35. The minimum Gasteiger partial charge on any atom is -0.490 e. The third kappa shape index (κ3) is 5.47. The van der Waals surface area contributed by atoms with Crippen LogP contribution in [0.4, 0.5) is 5.82 Å². The molecule has 0 aliphatic heterocycles. The molecule has 1 heterocycles. The van der Waals surface area contributed by atoms with E-state index in [2.05, 4.69) is 42.9 Å². The molecule has 1 aromatic heterocycles. The average molecular weight is 265 g/mol. The summed E-state index contributed by atoms with van der Waals surface area (Å²) in [7, 11) is 0. The number of rotatable bonds is 9. The summed E-state index contributed by atoms with van der Waals surface area (Å²) in [6.45, 7) is 12.1. The zero-order valence-electron chi connectivity index (χ0n) is 12.6. The van der Waals surface area contributed by atoms with Gasteiger partial charge in [-0.1, -0.05) is 20.8 Å². The summed E-state index contributed by atoms with van der Waals surface area (Å²) < 4.78 is 5.77. The number of aromatic nitrogens is 1. The lowest BCUT2D eigenvalue weighted by molar-refractivity contribution is 0.316. The first kappa shape index (κ1) is 15.8. The number of hydrogen-bond donors (Lipinski definition) is 1. The van der Waals surface area contributed by atoms with Crippen LogP contribution in [-0.4, -0.2) is 37.3 Å². The lowest BCUT2D eigenvalue weighted by Gasteiger charge is -2.24. The molecule has 108 valence electrons. The van der Waals surface area contributed by atoms with Crippen molar-refractivity contribution < 1.29 is 4.74 Å². The largest absolute Gasteiger partial charge is 0.490 e. The van der Waals surface area contributed by atoms with Gasteiger partial charge in [-0.3, -0.25) is 0 Å². The standard InChI is InChI=1S/C15H27N3O/c1-5-12-19-14-8-7-9-17-15(14)18(6-2)11-10-16-13(3)4/h7-9,13,16H,5-6,10-12H2,1-4H3. The Bertz CT molecular complexity index is 355. The van der Waals surface area contributed by atoms with Gasteiger partial charge in [-0.25, -0.2) is 4.98 Å². The first-order valence-electron chi connectivity index (χ1n) is 7.25. The highest BCUT2D eigenvalue weighted by molar-refractivity contribution is 5.51. The van der Waals surface area contributed by atoms with Crippen LogP contribution < -0.4 is 15.0 Å². The first-order valence-corrected chi connectivity index (χ1v) is 7.25. The van der Waals surface area contributed by atoms with Crippen LogP contribution >= 0.6 is 0 Å². The highest BCUT2D eigenvalue weighted by atomic mass is 16.5. The molecule has 0 unspecified atom stereocenters. The SMILES string of the molecule is CCCOc1cccnc1N(CC)CCNC(C)C. The molecule has 0 spiro atoms. The molecule has 0 amide bonds. The summed E-state index contributed by atoms with van der Waals surface area (Å²) in [5.74, 6) is 1.83. The summed E-state index contributed by atoms with van der Waals surface area (Å²) in [5, 5.41) is 3.43. The molecule has 0 saturated carbocycles. The van der Waals surface area contributed by atoms with Gasteiger partial charge in [0.2, 0.25) is 0 Å². The maximum absolute atomic E-state index is 5.77. The van der Waals surface area contributed by atoms with E-state index >= 15 is 0 Å². The predicted octanol–water partition coefficient (Wildman–Crippen LogP) is 2.69. The van der Waals surface area contributed by atoms with Crippen LogP contribution in [0.5, 0.6) is 5.75 Å². The Morgan fingerprint density at radius 1 is 1.37 bits per heavy atom. The summed E-state index contributed by atoms with van der Waals surface area (Å²) in [4.78, 5) is 6.72. The van der Waals surface area contributed by atoms with Crippen LogP contribution in [0.25, 0.3) is 0 Å². The van der Waals surface area contributed by atoms with Crippen molar-refractivity contribution in [3.63, 3.8) is 0 Å². The average Bonchev–Trinajstić information content (AvgIpc) is 2.41. The summed E-state index contributed by atoms with van der Waals surface area (Å²) in [6.07, 6.45) is 2.84. The molecular weight excluding hydrogens is 238 g/mol. The van der Waals surface area contributed by atoms with Crippen molar-refractivity contribution in [3.05, 3.63) is 18.3 Å². The van der Waals surface area contributed by atoms with E-state index in [-0.39, 0.29) is 0 Å². The molecular formula is C15H27N3O. The molecule has 0 atom stereocenters. The molecule has 0 fully saturated rings. The molecule has 4 nitrogen and oxygen atoms in total. The van der Waals surface area contributed by atoms with Crippen molar-refractivity contribution in [3.8, 4) is 5.75 Å². The smallest absolute Gasteiger partial charge is 0.171 e. The normalized spacial score (nSPS) is 10.8. The molecule has 0 aliphatic carbocycles. The molecule has 0 bridgehead atoms. The number of ether oxygens (including phenoxy) is 1. The van der Waals surface area contributed by atoms with Crippen molar-refractivity contribution in [2.24, 2.45) is 0 Å². The van der Waals surface area contributed by atoms with E-state index in [1.54, 1.807) is 0 Å². The topological polar surface area (TPSA) is 37.4 Å². The fourth-order valence-electron chi connectivity index (χ4n) is 1.85. The second-order valence-corrected chi connectivity index (χ2v) is 4.86. The van der Waals surface area contributed by atoms with Gasteiger partial charge in [-0.2, -0.15) is 0 Å². The molecule has 0 aliphatic rings. The molecule has 4 heteroatoms. The van der Waals surface area contributed by atoms with E-state index in [1.165, 1.54) is 0 Å². The second kappa shape index (κ2) is 8.75. The van der Waals surface area contributed by atoms with E-state index in [4.69, 9.17) is 4.74 Å². The first-order chi connectivity index (χ1) is 9.19. The van der Waals surface area contributed by atoms with Gasteiger partial charge >= 0.3 is 0 Å². The summed E-state index contributed by atoms with van der Waals surface area (Å²) in [6, 6.07) is 4.43. The lowest BCUT2D eigenvalue weighted by atomic mass is 10.3. The fraction of sp³-hybridized carbons (Fsp3) is 0.667. The Balaban J connectivity index is 2.68. The minimum atomic E-state index is 0.512. The Kier molecular flexibility index (Phi) is 7.26. The summed E-state index contributed by atoms with van der Waals surface area (Å²) in [5.41, 5.74) is 0. The van der Waals surface area contributed by atoms with E-state index < -0.39 is 0 Å². The number of pyridine rings is 1. The van der Waals surface area contributed by atoms with Crippen LogP contribution in [0.3, 0.4) is 0 Å². The van der Waals surface area contributed by atoms with Gasteiger partial charge in [-0.15, -0.1) is 0 Å². The highest BCUT2D eigenvalue weighted by Crippen LogP contribution is 2.24. The van der Waals surface area contributed by atoms with Crippen molar-refractivity contribution in [1.29, 1.82) is 0 Å². The predicted molar refractivity (Wildman–Crippen MR) is 81.0 cm³/mol. The van der Waals surface area contributed by atoms with Crippen molar-refractivity contribution in [1.82, 2.24) is 10.3 Å². The molecule has 0 saturated heterocycles. The number of nitrogens with one attached hydrogen (secondary N) is 1. The highest BCUT2D eigenvalue weighted by Gasteiger charge is 2.11. The van der Waals surface area contributed by atoms with Gasteiger partial charge in [-0.05, 0) is 25.5 Å². The van der Waals surface area contributed by atoms with Gasteiger partial charge in [0.05, 0.1) is 6.61 Å². The Labute approximate surface area is 117 Å². The van der Waals surface area contributed by atoms with Gasteiger partial charge in [0.25, 0.3) is 0 Å². The zero-order chi connectivity index (χ0) is 14.1. The zero-order valence-corrected chi connectivity index (χ0v) is 12.6. The van der Waals surface area contributed by atoms with Gasteiger partial charge < -0.3 is 15.0 Å². The maximum atomic E-state index is 5.77. The van der Waals surface area contributed by atoms with Crippen LogP contribution in [-0.2, 0) is 0 Å². The van der Waals surface area contributed by atoms with E-state index in [1.807, 2.05) is 18.3 Å². The number of hydrogen-bond acceptors (Lipinski definition) is 4. The third-order valence-electron chi connectivity index (χ3n) is 2.83. The van der Waals surface area contributed by atoms with E-state index in [9.17, 15) is 0 Å². The van der Waals surface area contributed by atoms with Crippen molar-refractivity contribution >= 4 is 5.82 Å². The summed E-state index contributed by atoms with van der Waals surface area (Å²) >= 11 is 0. The second-order valence-electron chi connectivity index (χ2n) is 4.86. The molecule has 19 heavy (non-hydrogen) atoms. The quantitative estimate of drug-likeness (QED) is 0.745. The molecule has 1 aromatic rings. The van der Waals surface area contributed by atoms with E-state index in [0.29, 0.717) is 6.04 Å². The van der Waals surface area contributed by atoms with Gasteiger partial charge in [0.1, 0.15) is 0 Å². The molecule has 0 aromatic carbocycles. The van der Waals surface area contributed by atoms with Crippen LogP contribution in [0.15, 0.2) is 18.3 Å². The Hall–Kier alpha value is -1.29. The van der Waals surface area contributed by atoms with Gasteiger partial charge in [0.15, 0.2) is 11.6 Å². The van der Waals surface area contributed by atoms with Crippen molar-refractivity contribution in [2.45, 2.75) is 40.2 Å². The fourth-order valence-corrected chi connectivity index (χ4v) is 1.85. The Morgan fingerprint density at radius 2 is 2.16 bits per heavy atom. The third-order valence-corrected chi connectivity index (χ3v) is 2.83. The molecule has 0 radical (unpaired) electrons. The van der Waals surface area contributed by atoms with Crippen LogP contribution in [0.2, 0.25) is 0 Å². The van der Waals surface area contributed by atoms with E-state index in [0.717, 1.165) is 44.2 Å². The number of likely N-dealkylation sites (N-methyl/N-ethyl adjacent to an activating group) is 1. The van der Waals surface area contributed by atoms with Crippen LogP contribution in [0, 0.1) is 0 Å². The molecule has 1 rings (SSSR count). The van der Waals surface area contributed by atoms with Crippen molar-refractivity contribution in [2.75, 3.05) is 31.1 Å². The maximum Gasteiger partial charge on any atom is 0.171 e. The Morgan fingerprint density at radius 3 is 2.79 bits per heavy atom. The van der Waals surface area contributed by atoms with Gasteiger partial charge in [0, 0.05) is 31.9 Å². The minimum absolute atomic E-state index is 0.512. The number of anilines is 1. The monoisotopic (exact) mass is 265 g/mol.